The molecule has 0 aromatic rings. The van der Waals surface area contributed by atoms with Crippen LogP contribution in [0.5, 0.6) is 0 Å². The van der Waals surface area contributed by atoms with Crippen LogP contribution in [-0.2, 0) is 4.74 Å². The molecule has 0 radical (unpaired) electrons. The maximum absolute atomic E-state index is 11.2. The molecule has 1 N–H and O–H groups in total. The molecule has 0 aromatic heterocycles. The van der Waals surface area contributed by atoms with E-state index in [2.05, 4.69) is 11.3 Å². The van der Waals surface area contributed by atoms with E-state index in [1.807, 2.05) is 0 Å². The van der Waals surface area contributed by atoms with Crippen LogP contribution in [0.1, 0.15) is 0 Å². The summed E-state index contributed by atoms with van der Waals surface area (Å²) in [6, 6.07) is -1.31. The summed E-state index contributed by atoms with van der Waals surface area (Å²) in [6.07, 6.45) is -1.69. The van der Waals surface area contributed by atoms with E-state index in [4.69, 9.17) is 5.11 Å². The van der Waals surface area contributed by atoms with Gasteiger partial charge in [0.15, 0.2) is 0 Å². The molecule has 0 unspecified atom stereocenters. The predicted octanol–water partition coefficient (Wildman–Crippen LogP) is 1.12. The summed E-state index contributed by atoms with van der Waals surface area (Å²) in [5, 5.41) is 7.56. The molecule has 0 spiro atoms. The number of rotatable bonds is 1. The first-order valence-electron chi connectivity index (χ1n) is 1.38. The summed E-state index contributed by atoms with van der Waals surface area (Å²) in [6.45, 7) is 2.53. The zero-order valence-electron chi connectivity index (χ0n) is 3.35. The summed E-state index contributed by atoms with van der Waals surface area (Å²) < 4.78 is 14.5. The Morgan fingerprint density at radius 2 is 2.29 bits per heavy atom. The normalized spacial score (nSPS) is 7.57. The highest BCUT2D eigenvalue weighted by molar-refractivity contribution is 5.57. The van der Waals surface area contributed by atoms with Crippen molar-refractivity contribution in [3.63, 3.8) is 0 Å². The van der Waals surface area contributed by atoms with Gasteiger partial charge in [0.05, 0.1) is 0 Å². The number of carbonyl (C=O) groups is 1. The van der Waals surface area contributed by atoms with Crippen molar-refractivity contribution in [3.05, 3.63) is 12.6 Å². The Hall–Kier alpha value is -1.06. The largest absolute Gasteiger partial charge is 0.513 e. The second-order valence-electron chi connectivity index (χ2n) is 0.723. The molecule has 0 aliphatic rings. The highest BCUT2D eigenvalue weighted by Crippen LogP contribution is 1.91. The van der Waals surface area contributed by atoms with E-state index < -0.39 is 12.2 Å². The molecular weight excluding hydrogens is 103 g/mol. The zero-order chi connectivity index (χ0) is 5.86. The molecule has 0 aliphatic heterocycles. The minimum absolute atomic E-state index is 1.31. The number of carboxylic acid groups (broad SMARTS) is 1. The third-order valence-electron chi connectivity index (χ3n) is 0.198. The summed E-state index contributed by atoms with van der Waals surface area (Å²) in [4.78, 5) is 9.29. The van der Waals surface area contributed by atoms with Crippen molar-refractivity contribution in [2.45, 2.75) is 0 Å². The number of halogens is 1. The van der Waals surface area contributed by atoms with Crippen molar-refractivity contribution in [1.82, 2.24) is 0 Å². The SMILES string of the molecule is C=C(F)OC(=O)O. The molecule has 0 atom stereocenters. The summed E-state index contributed by atoms with van der Waals surface area (Å²) >= 11 is 0. The Morgan fingerprint density at radius 3 is 2.29 bits per heavy atom. The van der Waals surface area contributed by atoms with Crippen molar-refractivity contribution < 1.29 is 19.0 Å². The molecule has 0 heterocycles. The van der Waals surface area contributed by atoms with Crippen LogP contribution in [0.3, 0.4) is 0 Å². The van der Waals surface area contributed by atoms with Gasteiger partial charge in [0.2, 0.25) is 0 Å². The fourth-order valence-electron chi connectivity index (χ4n) is 0.0947. The van der Waals surface area contributed by atoms with Gasteiger partial charge in [0.1, 0.15) is 0 Å². The highest BCUT2D eigenvalue weighted by Gasteiger charge is 1.95. The van der Waals surface area contributed by atoms with E-state index in [-0.39, 0.29) is 0 Å². The topological polar surface area (TPSA) is 46.5 Å². The summed E-state index contributed by atoms with van der Waals surface area (Å²) in [7, 11) is 0. The minimum atomic E-state index is -1.69. The lowest BCUT2D eigenvalue weighted by Crippen LogP contribution is -1.94. The second kappa shape index (κ2) is 2.17. The number of hydrogen-bond acceptors (Lipinski definition) is 2. The van der Waals surface area contributed by atoms with Crippen molar-refractivity contribution in [2.75, 3.05) is 0 Å². The van der Waals surface area contributed by atoms with Crippen LogP contribution in [0.15, 0.2) is 12.6 Å². The van der Waals surface area contributed by atoms with Gasteiger partial charge in [0, 0.05) is 0 Å². The van der Waals surface area contributed by atoms with Gasteiger partial charge in [-0.1, -0.05) is 0 Å². The molecule has 0 saturated carbocycles. The number of ether oxygens (including phenoxy) is 1. The molecule has 3 nitrogen and oxygen atoms in total. The van der Waals surface area contributed by atoms with Gasteiger partial charge in [-0.2, -0.15) is 4.39 Å². The quantitative estimate of drug-likeness (QED) is 0.402. The lowest BCUT2D eigenvalue weighted by atomic mass is 11.1. The Bertz CT molecular complexity index is 86.4. The molecular formula is C3H3FO3. The monoisotopic (exact) mass is 106 g/mol. The molecule has 7 heavy (non-hydrogen) atoms. The van der Waals surface area contributed by atoms with E-state index in [1.165, 1.54) is 0 Å². The Balaban J connectivity index is 3.32. The van der Waals surface area contributed by atoms with Crippen molar-refractivity contribution >= 4 is 6.16 Å². The van der Waals surface area contributed by atoms with Gasteiger partial charge in [-0.05, 0) is 6.58 Å². The fourth-order valence-corrected chi connectivity index (χ4v) is 0.0947. The number of hydrogen-bond donors (Lipinski definition) is 1. The average Bonchev–Trinajstić information content (AvgIpc) is 1.27. The lowest BCUT2D eigenvalue weighted by molar-refractivity contribution is 0.0990. The van der Waals surface area contributed by atoms with E-state index >= 15 is 0 Å². The maximum Gasteiger partial charge on any atom is 0.513 e. The zero-order valence-corrected chi connectivity index (χ0v) is 3.35. The smallest absolute Gasteiger partial charge is 0.449 e. The highest BCUT2D eigenvalue weighted by atomic mass is 19.1. The molecule has 0 rings (SSSR count). The van der Waals surface area contributed by atoms with Gasteiger partial charge in [-0.3, -0.25) is 0 Å². The maximum atomic E-state index is 11.2. The van der Waals surface area contributed by atoms with Gasteiger partial charge in [-0.25, -0.2) is 4.79 Å². The van der Waals surface area contributed by atoms with Crippen molar-refractivity contribution in [3.8, 4) is 0 Å². The average molecular weight is 106 g/mol. The Labute approximate surface area is 39.0 Å². The molecule has 0 aliphatic carbocycles. The molecule has 0 bridgehead atoms. The lowest BCUT2D eigenvalue weighted by Gasteiger charge is -1.87. The van der Waals surface area contributed by atoms with E-state index in [9.17, 15) is 9.18 Å². The fraction of sp³-hybridized carbons (Fsp3) is 0. The molecule has 0 amide bonds. The summed E-state index contributed by atoms with van der Waals surface area (Å²) in [5.74, 6) is 0. The van der Waals surface area contributed by atoms with E-state index in [0.29, 0.717) is 0 Å². The first-order chi connectivity index (χ1) is 3.13. The molecule has 0 aromatic carbocycles. The van der Waals surface area contributed by atoms with Crippen LogP contribution in [0.25, 0.3) is 0 Å². The van der Waals surface area contributed by atoms with Gasteiger partial charge < -0.3 is 9.84 Å². The van der Waals surface area contributed by atoms with Crippen molar-refractivity contribution in [2.24, 2.45) is 0 Å². The van der Waals surface area contributed by atoms with Crippen LogP contribution >= 0.6 is 0 Å². The van der Waals surface area contributed by atoms with Gasteiger partial charge in [-0.15, -0.1) is 0 Å². The van der Waals surface area contributed by atoms with Crippen LogP contribution in [0, 0.1) is 0 Å². The molecule has 0 fully saturated rings. The molecule has 4 heteroatoms. The van der Waals surface area contributed by atoms with Crippen LogP contribution in [-0.4, -0.2) is 11.3 Å². The summed E-state index contributed by atoms with van der Waals surface area (Å²) in [5.41, 5.74) is 0. The Morgan fingerprint density at radius 1 is 1.86 bits per heavy atom. The first kappa shape index (κ1) is 5.94. The van der Waals surface area contributed by atoms with Gasteiger partial charge in [0.25, 0.3) is 6.01 Å². The van der Waals surface area contributed by atoms with E-state index in [1.54, 1.807) is 0 Å². The Kier molecular flexibility index (Phi) is 1.84. The standard InChI is InChI=1S/C3H3FO3/c1-2(4)7-3(5)6/h1H2,(H,5,6). The minimum Gasteiger partial charge on any atom is -0.449 e. The third kappa shape index (κ3) is 4.94. The predicted molar refractivity (Wildman–Crippen MR) is 19.4 cm³/mol. The third-order valence-corrected chi connectivity index (χ3v) is 0.198. The second-order valence-corrected chi connectivity index (χ2v) is 0.723. The van der Waals surface area contributed by atoms with Gasteiger partial charge >= 0.3 is 6.16 Å². The molecule has 0 saturated heterocycles. The molecule has 40 valence electrons. The van der Waals surface area contributed by atoms with Crippen molar-refractivity contribution in [1.29, 1.82) is 0 Å². The van der Waals surface area contributed by atoms with Crippen LogP contribution in [0.2, 0.25) is 0 Å². The van der Waals surface area contributed by atoms with E-state index in [0.717, 1.165) is 0 Å². The van der Waals surface area contributed by atoms with Crippen LogP contribution < -0.4 is 0 Å². The van der Waals surface area contributed by atoms with Crippen LogP contribution in [0.4, 0.5) is 9.18 Å². The first-order valence-corrected chi connectivity index (χ1v) is 1.38.